The van der Waals surface area contributed by atoms with Gasteiger partial charge in [-0.05, 0) is 82.9 Å². The molecule has 3 heteroatoms. The van der Waals surface area contributed by atoms with Crippen molar-refractivity contribution < 1.29 is 0 Å². The molecular formula is C48H32N2S. The molecular weight excluding hydrogens is 637 g/mol. The number of benzene rings is 8. The fraction of sp³-hybridized carbons (Fsp3) is 0. The van der Waals surface area contributed by atoms with E-state index in [9.17, 15) is 0 Å². The molecule has 0 fully saturated rings. The van der Waals surface area contributed by atoms with Crippen LogP contribution in [0.3, 0.4) is 0 Å². The quantitative estimate of drug-likeness (QED) is 0.171. The summed E-state index contributed by atoms with van der Waals surface area (Å²) < 4.78 is 4.97. The first-order valence-corrected chi connectivity index (χ1v) is 18.2. The fourth-order valence-electron chi connectivity index (χ4n) is 7.69. The lowest BCUT2D eigenvalue weighted by Crippen LogP contribution is -2.11. The van der Waals surface area contributed by atoms with E-state index in [1.165, 1.54) is 69.9 Å². The molecule has 10 rings (SSSR count). The maximum atomic E-state index is 2.51. The molecule has 0 unspecified atom stereocenters. The molecule has 0 aliphatic rings. The highest BCUT2D eigenvalue weighted by atomic mass is 32.1. The molecule has 240 valence electrons. The van der Waals surface area contributed by atoms with Gasteiger partial charge in [-0.25, -0.2) is 0 Å². The molecule has 0 amide bonds. The number of rotatable bonds is 6. The van der Waals surface area contributed by atoms with Crippen molar-refractivity contribution in [1.82, 2.24) is 4.57 Å². The number of para-hydroxylation sites is 2. The van der Waals surface area contributed by atoms with Gasteiger partial charge in [0.2, 0.25) is 0 Å². The van der Waals surface area contributed by atoms with E-state index in [4.69, 9.17) is 0 Å². The topological polar surface area (TPSA) is 8.17 Å². The predicted octanol–water partition coefficient (Wildman–Crippen LogP) is 14.0. The van der Waals surface area contributed by atoms with Gasteiger partial charge in [0, 0.05) is 37.6 Å². The molecule has 0 N–H and O–H groups in total. The Morgan fingerprint density at radius 1 is 0.392 bits per heavy atom. The van der Waals surface area contributed by atoms with Gasteiger partial charge in [0.25, 0.3) is 0 Å². The van der Waals surface area contributed by atoms with Crippen molar-refractivity contribution in [1.29, 1.82) is 0 Å². The van der Waals surface area contributed by atoms with Gasteiger partial charge < -0.3 is 9.47 Å². The van der Waals surface area contributed by atoms with Crippen molar-refractivity contribution in [2.45, 2.75) is 0 Å². The summed E-state index contributed by atoms with van der Waals surface area (Å²) in [5.41, 5.74) is 11.7. The Labute approximate surface area is 300 Å². The Morgan fingerprint density at radius 3 is 1.67 bits per heavy atom. The number of hydrogen-bond donors (Lipinski definition) is 0. The van der Waals surface area contributed by atoms with Crippen molar-refractivity contribution in [3.05, 3.63) is 194 Å². The summed E-state index contributed by atoms with van der Waals surface area (Å²) in [6.07, 6.45) is 0. The summed E-state index contributed by atoms with van der Waals surface area (Å²) in [5, 5.41) is 5.02. The average molecular weight is 669 g/mol. The second kappa shape index (κ2) is 12.2. The third-order valence-electron chi connectivity index (χ3n) is 9.95. The van der Waals surface area contributed by atoms with E-state index in [2.05, 4.69) is 204 Å². The number of fused-ring (bicyclic) bond motifs is 6. The van der Waals surface area contributed by atoms with E-state index >= 15 is 0 Å². The van der Waals surface area contributed by atoms with Crippen LogP contribution in [-0.4, -0.2) is 4.57 Å². The number of nitrogens with zero attached hydrogens (tertiary/aromatic N) is 2. The first-order chi connectivity index (χ1) is 25.3. The van der Waals surface area contributed by atoms with Gasteiger partial charge in [-0.2, -0.15) is 0 Å². The third-order valence-corrected chi connectivity index (χ3v) is 11.2. The van der Waals surface area contributed by atoms with Crippen LogP contribution in [0.15, 0.2) is 194 Å². The minimum Gasteiger partial charge on any atom is -0.309 e. The number of thiophene rings is 1. The van der Waals surface area contributed by atoms with E-state index in [1.54, 1.807) is 0 Å². The Hall–Kier alpha value is -6.42. The summed E-state index contributed by atoms with van der Waals surface area (Å²) in [6.45, 7) is 0. The van der Waals surface area contributed by atoms with Crippen molar-refractivity contribution in [3.63, 3.8) is 0 Å². The molecule has 8 aromatic carbocycles. The van der Waals surface area contributed by atoms with Crippen LogP contribution in [0.1, 0.15) is 0 Å². The molecule has 0 aliphatic carbocycles. The molecule has 0 radical (unpaired) electrons. The number of hydrogen-bond acceptors (Lipinski definition) is 2. The van der Waals surface area contributed by atoms with E-state index < -0.39 is 0 Å². The predicted molar refractivity (Wildman–Crippen MR) is 219 cm³/mol. The van der Waals surface area contributed by atoms with Gasteiger partial charge in [0.1, 0.15) is 0 Å². The Balaban J connectivity index is 1.34. The molecule has 10 aromatic rings. The normalized spacial score (nSPS) is 11.5. The van der Waals surface area contributed by atoms with Crippen LogP contribution < -0.4 is 4.90 Å². The zero-order valence-corrected chi connectivity index (χ0v) is 28.6. The number of aromatic nitrogens is 1. The van der Waals surface area contributed by atoms with E-state index in [1.807, 2.05) is 11.3 Å². The zero-order valence-electron chi connectivity index (χ0n) is 27.8. The summed E-state index contributed by atoms with van der Waals surface area (Å²) in [7, 11) is 0. The van der Waals surface area contributed by atoms with Gasteiger partial charge in [-0.3, -0.25) is 0 Å². The van der Waals surface area contributed by atoms with Crippen LogP contribution in [0.2, 0.25) is 0 Å². The molecule has 0 atom stereocenters. The fourth-order valence-corrected chi connectivity index (χ4v) is 8.90. The maximum absolute atomic E-state index is 2.51. The highest BCUT2D eigenvalue weighted by Crippen LogP contribution is 2.49. The van der Waals surface area contributed by atoms with Crippen LogP contribution in [-0.2, 0) is 0 Å². The molecule has 0 aliphatic heterocycles. The first-order valence-electron chi connectivity index (χ1n) is 17.4. The van der Waals surface area contributed by atoms with Crippen molar-refractivity contribution in [2.75, 3.05) is 4.90 Å². The molecule has 0 spiro atoms. The molecule has 2 nitrogen and oxygen atoms in total. The SMILES string of the molecule is c1ccc(-c2cc(-c3ccccc3)cc(N(c3cccc4c3sc3ccccc34)c3cccc4c3c3ccccc3n4-c3ccccc3)c2)cc1. The van der Waals surface area contributed by atoms with E-state index in [0.717, 1.165) is 17.1 Å². The second-order valence-corrected chi connectivity index (χ2v) is 14.0. The van der Waals surface area contributed by atoms with Gasteiger partial charge in [-0.15, -0.1) is 11.3 Å². The van der Waals surface area contributed by atoms with Crippen molar-refractivity contribution in [3.8, 4) is 27.9 Å². The lowest BCUT2D eigenvalue weighted by Gasteiger charge is -2.28. The van der Waals surface area contributed by atoms with Gasteiger partial charge in [0.15, 0.2) is 0 Å². The molecule has 2 aromatic heterocycles. The van der Waals surface area contributed by atoms with Crippen LogP contribution in [0.4, 0.5) is 17.1 Å². The summed E-state index contributed by atoms with van der Waals surface area (Å²) in [4.78, 5) is 2.51. The van der Waals surface area contributed by atoms with E-state index in [-0.39, 0.29) is 0 Å². The lowest BCUT2D eigenvalue weighted by atomic mass is 9.97. The summed E-state index contributed by atoms with van der Waals surface area (Å²) in [5.74, 6) is 0. The van der Waals surface area contributed by atoms with Crippen LogP contribution in [0, 0.1) is 0 Å². The number of anilines is 3. The Bertz CT molecular complexity index is 2790. The third kappa shape index (κ3) is 4.93. The smallest absolute Gasteiger partial charge is 0.0640 e. The lowest BCUT2D eigenvalue weighted by molar-refractivity contribution is 1.18. The monoisotopic (exact) mass is 668 g/mol. The molecule has 0 saturated carbocycles. The molecule has 51 heavy (non-hydrogen) atoms. The Morgan fingerprint density at radius 2 is 0.941 bits per heavy atom. The minimum absolute atomic E-state index is 1.12. The molecule has 2 heterocycles. The maximum Gasteiger partial charge on any atom is 0.0640 e. The van der Waals surface area contributed by atoms with Gasteiger partial charge in [0.05, 0.1) is 27.1 Å². The van der Waals surface area contributed by atoms with Gasteiger partial charge >= 0.3 is 0 Å². The van der Waals surface area contributed by atoms with Crippen molar-refractivity contribution >= 4 is 70.4 Å². The first kappa shape index (κ1) is 29.5. The van der Waals surface area contributed by atoms with Crippen LogP contribution in [0.5, 0.6) is 0 Å². The summed E-state index contributed by atoms with van der Waals surface area (Å²) in [6, 6.07) is 70.4. The zero-order chi connectivity index (χ0) is 33.7. The summed E-state index contributed by atoms with van der Waals surface area (Å²) >= 11 is 1.87. The molecule has 0 saturated heterocycles. The van der Waals surface area contributed by atoms with Crippen LogP contribution >= 0.6 is 11.3 Å². The van der Waals surface area contributed by atoms with E-state index in [0.29, 0.717) is 0 Å². The largest absolute Gasteiger partial charge is 0.309 e. The second-order valence-electron chi connectivity index (χ2n) is 12.9. The van der Waals surface area contributed by atoms with Crippen LogP contribution in [0.25, 0.3) is 69.9 Å². The minimum atomic E-state index is 1.12. The van der Waals surface area contributed by atoms with Gasteiger partial charge in [-0.1, -0.05) is 133 Å². The standard InChI is InChI=1S/C48H32N2S/c1-4-16-33(17-5-1)35-30-36(34-18-6-2-7-19-34)32-38(31-35)50(45-28-14-24-40-39-22-11-13-29-46(39)51-48(40)45)44-27-15-26-43-47(44)41-23-10-12-25-42(41)49(43)37-20-8-3-9-21-37/h1-32H. The highest BCUT2D eigenvalue weighted by Gasteiger charge is 2.24. The average Bonchev–Trinajstić information content (AvgIpc) is 3.76. The Kier molecular flexibility index (Phi) is 7.04. The molecule has 0 bridgehead atoms. The highest BCUT2D eigenvalue weighted by molar-refractivity contribution is 7.26. The van der Waals surface area contributed by atoms with Crippen molar-refractivity contribution in [2.24, 2.45) is 0 Å².